The molecular weight excluding hydrogens is 412 g/mol. The van der Waals surface area contributed by atoms with E-state index in [2.05, 4.69) is 6.92 Å². The summed E-state index contributed by atoms with van der Waals surface area (Å²) in [7, 11) is 0. The second-order valence-corrected chi connectivity index (χ2v) is 10.8. The number of hydrogen-bond acceptors (Lipinski definition) is 6. The number of aliphatic carboxylic acids is 1. The number of ketones is 2. The fourth-order valence-corrected chi connectivity index (χ4v) is 8.06. The summed E-state index contributed by atoms with van der Waals surface area (Å²) in [5, 5.41) is 21.2. The minimum Gasteiger partial charge on any atom is -0.475 e. The predicted molar refractivity (Wildman–Crippen MR) is 113 cm³/mol. The SMILES string of the molecule is CCCC1O[C@@H]2CC3C4CCC5=CC(=O)C=C[C@]5(C)C4C(O)C[C@]3(C)[C@]2(C(=O)C(=O)O)O1. The molecule has 7 nitrogen and oxygen atoms in total. The second-order valence-electron chi connectivity index (χ2n) is 10.8. The van der Waals surface area contributed by atoms with E-state index in [-0.39, 0.29) is 30.0 Å². The van der Waals surface area contributed by atoms with Gasteiger partial charge in [-0.1, -0.05) is 38.8 Å². The Labute approximate surface area is 187 Å². The van der Waals surface area contributed by atoms with E-state index >= 15 is 0 Å². The van der Waals surface area contributed by atoms with Crippen LogP contribution >= 0.6 is 0 Å². The van der Waals surface area contributed by atoms with Gasteiger partial charge < -0.3 is 19.7 Å². The number of carbonyl (C=O) groups is 3. The van der Waals surface area contributed by atoms with E-state index in [9.17, 15) is 24.6 Å². The van der Waals surface area contributed by atoms with Crippen LogP contribution in [0.25, 0.3) is 0 Å². The molecule has 4 fully saturated rings. The van der Waals surface area contributed by atoms with E-state index in [1.54, 1.807) is 12.2 Å². The number of allylic oxidation sites excluding steroid dienone is 4. The summed E-state index contributed by atoms with van der Waals surface area (Å²) < 4.78 is 12.4. The van der Waals surface area contributed by atoms with Gasteiger partial charge in [-0.25, -0.2) is 4.79 Å². The Hall–Kier alpha value is -1.83. The average molecular weight is 445 g/mol. The van der Waals surface area contributed by atoms with Crippen molar-refractivity contribution in [2.24, 2.45) is 28.6 Å². The van der Waals surface area contributed by atoms with Gasteiger partial charge >= 0.3 is 5.97 Å². The van der Waals surface area contributed by atoms with Crippen LogP contribution in [0.5, 0.6) is 0 Å². The first-order valence-corrected chi connectivity index (χ1v) is 11.8. The maximum absolute atomic E-state index is 13.2. The van der Waals surface area contributed by atoms with E-state index in [1.165, 1.54) is 0 Å². The van der Waals surface area contributed by atoms with Crippen LogP contribution in [0.1, 0.15) is 59.3 Å². The molecule has 5 aliphatic rings. The zero-order valence-corrected chi connectivity index (χ0v) is 18.9. The Morgan fingerprint density at radius 1 is 1.28 bits per heavy atom. The van der Waals surface area contributed by atoms with Gasteiger partial charge in [-0.3, -0.25) is 9.59 Å². The molecule has 1 heterocycles. The summed E-state index contributed by atoms with van der Waals surface area (Å²) >= 11 is 0. The molecule has 0 aromatic rings. The van der Waals surface area contributed by atoms with Crippen LogP contribution in [-0.2, 0) is 23.9 Å². The van der Waals surface area contributed by atoms with Gasteiger partial charge in [0.25, 0.3) is 5.78 Å². The second kappa shape index (κ2) is 7.08. The quantitative estimate of drug-likeness (QED) is 0.642. The van der Waals surface area contributed by atoms with Gasteiger partial charge in [0.1, 0.15) is 0 Å². The van der Waals surface area contributed by atoms with Crippen LogP contribution in [-0.4, -0.2) is 51.8 Å². The number of aliphatic hydroxyl groups is 1. The third-order valence-corrected chi connectivity index (χ3v) is 9.35. The van der Waals surface area contributed by atoms with Crippen molar-refractivity contribution in [3.8, 4) is 0 Å². The fraction of sp³-hybridized carbons (Fsp3) is 0.720. The van der Waals surface area contributed by atoms with Gasteiger partial charge in [0.05, 0.1) is 12.2 Å². The number of carboxylic acids is 1. The summed E-state index contributed by atoms with van der Waals surface area (Å²) in [6.07, 6.45) is 6.97. The van der Waals surface area contributed by atoms with Crippen LogP contribution in [0.3, 0.4) is 0 Å². The molecule has 5 rings (SSSR count). The van der Waals surface area contributed by atoms with Gasteiger partial charge in [-0.2, -0.15) is 0 Å². The normalized spacial score (nSPS) is 49.0. The number of carbonyl (C=O) groups excluding carboxylic acids is 2. The highest BCUT2D eigenvalue weighted by Crippen LogP contribution is 2.69. The zero-order chi connectivity index (χ0) is 23.1. The Balaban J connectivity index is 1.57. The van der Waals surface area contributed by atoms with Crippen molar-refractivity contribution in [3.63, 3.8) is 0 Å². The largest absolute Gasteiger partial charge is 0.475 e. The van der Waals surface area contributed by atoms with Gasteiger partial charge in [0.15, 0.2) is 17.7 Å². The summed E-state index contributed by atoms with van der Waals surface area (Å²) in [5.74, 6) is -2.53. The van der Waals surface area contributed by atoms with Crippen molar-refractivity contribution >= 4 is 17.5 Å². The molecule has 0 aromatic carbocycles. The Morgan fingerprint density at radius 3 is 2.72 bits per heavy atom. The molecule has 1 aliphatic heterocycles. The lowest BCUT2D eigenvalue weighted by Gasteiger charge is -2.59. The minimum atomic E-state index is -1.58. The molecule has 0 radical (unpaired) electrons. The molecule has 1 saturated heterocycles. The topological polar surface area (TPSA) is 110 Å². The first-order valence-electron chi connectivity index (χ1n) is 11.8. The molecule has 7 heteroatoms. The van der Waals surface area contributed by atoms with Crippen molar-refractivity contribution in [2.75, 3.05) is 0 Å². The molecule has 0 amide bonds. The van der Waals surface area contributed by atoms with Crippen molar-refractivity contribution in [1.29, 1.82) is 0 Å². The van der Waals surface area contributed by atoms with Crippen LogP contribution in [0.15, 0.2) is 23.8 Å². The summed E-state index contributed by atoms with van der Waals surface area (Å²) in [5.41, 5.74) is -1.79. The molecule has 0 bridgehead atoms. The number of fused-ring (bicyclic) bond motifs is 7. The highest BCUT2D eigenvalue weighted by molar-refractivity contribution is 6.36. The summed E-state index contributed by atoms with van der Waals surface area (Å²) in [6.45, 7) is 5.99. The summed E-state index contributed by atoms with van der Waals surface area (Å²) in [4.78, 5) is 37.1. The number of rotatable bonds is 4. The van der Waals surface area contributed by atoms with Gasteiger partial charge in [-0.05, 0) is 56.1 Å². The van der Waals surface area contributed by atoms with Gasteiger partial charge in [-0.15, -0.1) is 0 Å². The van der Waals surface area contributed by atoms with E-state index < -0.39 is 46.7 Å². The maximum Gasteiger partial charge on any atom is 0.375 e. The molecular formula is C25H32O7. The third kappa shape index (κ3) is 2.62. The lowest BCUT2D eigenvalue weighted by Crippen LogP contribution is -2.64. The zero-order valence-electron chi connectivity index (χ0n) is 18.9. The smallest absolute Gasteiger partial charge is 0.375 e. The Bertz CT molecular complexity index is 937. The minimum absolute atomic E-state index is 0.0174. The number of hydrogen-bond donors (Lipinski definition) is 2. The van der Waals surface area contributed by atoms with Crippen molar-refractivity contribution < 1.29 is 34.1 Å². The van der Waals surface area contributed by atoms with Crippen LogP contribution < -0.4 is 0 Å². The van der Waals surface area contributed by atoms with E-state index in [4.69, 9.17) is 9.47 Å². The first-order chi connectivity index (χ1) is 15.1. The van der Waals surface area contributed by atoms with E-state index in [1.807, 2.05) is 19.9 Å². The van der Waals surface area contributed by atoms with Crippen molar-refractivity contribution in [3.05, 3.63) is 23.8 Å². The number of ether oxygens (including phenoxy) is 2. The lowest BCUT2D eigenvalue weighted by molar-refractivity contribution is -0.201. The Morgan fingerprint density at radius 2 is 2.03 bits per heavy atom. The van der Waals surface area contributed by atoms with E-state index in [0.29, 0.717) is 12.8 Å². The Kier molecular flexibility index (Phi) is 4.87. The number of aliphatic hydroxyl groups excluding tert-OH is 1. The van der Waals surface area contributed by atoms with Crippen molar-refractivity contribution in [2.45, 2.75) is 83.4 Å². The van der Waals surface area contributed by atoms with Gasteiger partial charge in [0.2, 0.25) is 0 Å². The molecule has 0 spiro atoms. The molecule has 2 N–H and O–H groups in total. The van der Waals surface area contributed by atoms with E-state index in [0.717, 1.165) is 24.8 Å². The average Bonchev–Trinajstić information content (AvgIpc) is 3.20. The highest BCUT2D eigenvalue weighted by atomic mass is 16.7. The van der Waals surface area contributed by atoms with Crippen LogP contribution in [0, 0.1) is 28.6 Å². The first kappa shape index (κ1) is 22.0. The molecule has 0 aromatic heterocycles. The molecule has 9 atom stereocenters. The molecule has 174 valence electrons. The van der Waals surface area contributed by atoms with Gasteiger partial charge in [0, 0.05) is 16.7 Å². The molecule has 4 aliphatic carbocycles. The third-order valence-electron chi connectivity index (χ3n) is 9.35. The van der Waals surface area contributed by atoms with Crippen LogP contribution in [0.4, 0.5) is 0 Å². The predicted octanol–water partition coefficient (Wildman–Crippen LogP) is 2.81. The van der Waals surface area contributed by atoms with Crippen LogP contribution in [0.2, 0.25) is 0 Å². The molecule has 5 unspecified atom stereocenters. The maximum atomic E-state index is 13.2. The lowest BCUT2D eigenvalue weighted by atomic mass is 9.46. The van der Waals surface area contributed by atoms with Crippen molar-refractivity contribution in [1.82, 2.24) is 0 Å². The highest BCUT2D eigenvalue weighted by Gasteiger charge is 2.76. The monoisotopic (exact) mass is 444 g/mol. The fourth-order valence-electron chi connectivity index (χ4n) is 8.06. The number of Topliss-reactive ketones (excluding diaryl/α,β-unsaturated/α-hetero) is 1. The number of carboxylic acid groups (broad SMARTS) is 1. The summed E-state index contributed by atoms with van der Waals surface area (Å²) in [6, 6.07) is 0. The molecule has 3 saturated carbocycles. The molecule has 32 heavy (non-hydrogen) atoms. The standard InChI is InChI=1S/C25H32O7/c1-4-5-19-31-18-11-16-15-7-6-13-10-14(26)8-9-23(13,2)20(15)17(27)12-24(16,3)25(18,32-19)21(28)22(29)30/h8-10,15-20,27H,4-7,11-12H2,1-3H3,(H,29,30)/t15?,16?,17?,18-,19?,20?,23+,24+,25+/m1/s1.